The third-order valence-electron chi connectivity index (χ3n) is 9.93. The summed E-state index contributed by atoms with van der Waals surface area (Å²) in [4.78, 5) is 21.7. The summed E-state index contributed by atoms with van der Waals surface area (Å²) < 4.78 is 5.49. The van der Waals surface area contributed by atoms with E-state index >= 15 is 0 Å². The Hall–Kier alpha value is -3.15. The third-order valence-corrected chi connectivity index (χ3v) is 9.93. The molecule has 1 amide bonds. The lowest BCUT2D eigenvalue weighted by Crippen LogP contribution is -2.51. The minimum Gasteiger partial charge on any atom is -0.507 e. The lowest BCUT2D eigenvalue weighted by atomic mass is 9.90. The van der Waals surface area contributed by atoms with Crippen LogP contribution in [0.3, 0.4) is 0 Å². The number of para-hydroxylation sites is 1. The van der Waals surface area contributed by atoms with Gasteiger partial charge in [-0.2, -0.15) is 0 Å². The van der Waals surface area contributed by atoms with Gasteiger partial charge in [-0.15, -0.1) is 10.2 Å². The number of likely N-dealkylation sites (tertiary alicyclic amines) is 1. The Morgan fingerprint density at radius 3 is 2.18 bits per heavy atom. The van der Waals surface area contributed by atoms with E-state index in [4.69, 9.17) is 4.74 Å². The highest BCUT2D eigenvalue weighted by molar-refractivity contribution is 5.75. The molecule has 3 aliphatic heterocycles. The fourth-order valence-corrected chi connectivity index (χ4v) is 7.28. The highest BCUT2D eigenvalue weighted by Crippen LogP contribution is 2.32. The molecular formula is C38H64N8O3. The number of benzene rings is 1. The number of aromatic hydroxyl groups is 1. The SMILES string of the molecule is CC.CC(C)(C)OC(=O)N1CCN(CC2CCN(C3CCCCC3)CC2)CC1.CNc1nnc(-c2ccccc2O)cc1N1CCNCC1. The summed E-state index contributed by atoms with van der Waals surface area (Å²) in [7, 11) is 1.84. The number of hydrogen-bond acceptors (Lipinski definition) is 10. The van der Waals surface area contributed by atoms with Crippen molar-refractivity contribution in [2.24, 2.45) is 5.92 Å². The largest absolute Gasteiger partial charge is 0.507 e. The molecule has 49 heavy (non-hydrogen) atoms. The Morgan fingerprint density at radius 2 is 1.57 bits per heavy atom. The van der Waals surface area contributed by atoms with Crippen LogP contribution in [0.5, 0.6) is 5.75 Å². The van der Waals surface area contributed by atoms with Crippen LogP contribution in [0.15, 0.2) is 30.3 Å². The van der Waals surface area contributed by atoms with Gasteiger partial charge in [0.05, 0.1) is 11.4 Å². The number of piperidine rings is 1. The fraction of sp³-hybridized carbons (Fsp3) is 0.711. The van der Waals surface area contributed by atoms with E-state index < -0.39 is 5.60 Å². The number of anilines is 2. The van der Waals surface area contributed by atoms with Gasteiger partial charge in [0.25, 0.3) is 0 Å². The number of phenols is 1. The summed E-state index contributed by atoms with van der Waals surface area (Å²) in [6.45, 7) is 21.0. The summed E-state index contributed by atoms with van der Waals surface area (Å²) in [6.07, 6.45) is 9.72. The van der Waals surface area contributed by atoms with Gasteiger partial charge in [-0.05, 0) is 83.7 Å². The van der Waals surface area contributed by atoms with E-state index in [2.05, 4.69) is 35.5 Å². The van der Waals surface area contributed by atoms with Crippen molar-refractivity contribution in [3.8, 4) is 17.0 Å². The first-order valence-corrected chi connectivity index (χ1v) is 18.9. The molecule has 4 aliphatic rings. The Bertz CT molecular complexity index is 1260. The first-order chi connectivity index (χ1) is 23.7. The number of amides is 1. The monoisotopic (exact) mass is 681 g/mol. The molecule has 1 aromatic heterocycles. The third kappa shape index (κ3) is 11.7. The predicted molar refractivity (Wildman–Crippen MR) is 201 cm³/mol. The van der Waals surface area contributed by atoms with Crippen molar-refractivity contribution in [1.82, 2.24) is 30.2 Å². The predicted octanol–water partition coefficient (Wildman–Crippen LogP) is 5.91. The Morgan fingerprint density at radius 1 is 0.918 bits per heavy atom. The number of ether oxygens (including phenoxy) is 1. The number of nitrogens with zero attached hydrogens (tertiary/aromatic N) is 6. The molecular weight excluding hydrogens is 616 g/mol. The van der Waals surface area contributed by atoms with Gasteiger partial charge >= 0.3 is 6.09 Å². The molecule has 0 spiro atoms. The summed E-state index contributed by atoms with van der Waals surface area (Å²) in [5, 5.41) is 24.9. The zero-order valence-corrected chi connectivity index (χ0v) is 31.2. The minimum atomic E-state index is -0.402. The fourth-order valence-electron chi connectivity index (χ4n) is 7.28. The molecule has 3 saturated heterocycles. The average Bonchev–Trinajstić information content (AvgIpc) is 3.13. The van der Waals surface area contributed by atoms with Gasteiger partial charge in [-0.3, -0.25) is 4.90 Å². The summed E-state index contributed by atoms with van der Waals surface area (Å²) in [5.41, 5.74) is 2.00. The van der Waals surface area contributed by atoms with Gasteiger partial charge in [0, 0.05) is 77.6 Å². The molecule has 274 valence electrons. The molecule has 4 heterocycles. The Kier molecular flexibility index (Phi) is 15.2. The van der Waals surface area contributed by atoms with Crippen molar-refractivity contribution in [3.05, 3.63) is 30.3 Å². The highest BCUT2D eigenvalue weighted by atomic mass is 16.6. The van der Waals surface area contributed by atoms with Gasteiger partial charge in [-0.1, -0.05) is 45.2 Å². The zero-order chi connectivity index (χ0) is 35.2. The number of aromatic nitrogens is 2. The van der Waals surface area contributed by atoms with E-state index in [0.717, 1.165) is 75.8 Å². The quantitative estimate of drug-likeness (QED) is 0.341. The van der Waals surface area contributed by atoms with Crippen LogP contribution in [-0.2, 0) is 4.74 Å². The van der Waals surface area contributed by atoms with Crippen LogP contribution in [0, 0.1) is 5.92 Å². The van der Waals surface area contributed by atoms with E-state index in [1.54, 1.807) is 12.1 Å². The first-order valence-electron chi connectivity index (χ1n) is 18.9. The van der Waals surface area contributed by atoms with Gasteiger partial charge in [-0.25, -0.2) is 4.79 Å². The number of rotatable bonds is 6. The Labute approximate surface area is 295 Å². The summed E-state index contributed by atoms with van der Waals surface area (Å²) in [5.74, 6) is 1.81. The molecule has 0 bridgehead atoms. The molecule has 11 nitrogen and oxygen atoms in total. The van der Waals surface area contributed by atoms with Gasteiger partial charge in [0.2, 0.25) is 0 Å². The topological polar surface area (TPSA) is 109 Å². The molecule has 0 atom stereocenters. The maximum atomic E-state index is 12.2. The van der Waals surface area contributed by atoms with Crippen LogP contribution in [0.4, 0.5) is 16.3 Å². The molecule has 1 aromatic carbocycles. The number of hydrogen-bond donors (Lipinski definition) is 3. The second-order valence-electron chi connectivity index (χ2n) is 14.5. The van der Waals surface area contributed by atoms with Crippen LogP contribution < -0.4 is 15.5 Å². The van der Waals surface area contributed by atoms with Crippen molar-refractivity contribution in [3.63, 3.8) is 0 Å². The van der Waals surface area contributed by atoms with E-state index in [0.29, 0.717) is 11.3 Å². The molecule has 1 aliphatic carbocycles. The summed E-state index contributed by atoms with van der Waals surface area (Å²) in [6, 6.07) is 10.0. The van der Waals surface area contributed by atoms with Crippen molar-refractivity contribution in [1.29, 1.82) is 0 Å². The number of phenolic OH excluding ortho intramolecular Hbond substituents is 1. The molecule has 6 rings (SSSR count). The first kappa shape index (κ1) is 38.6. The second-order valence-corrected chi connectivity index (χ2v) is 14.5. The van der Waals surface area contributed by atoms with Crippen LogP contribution in [0.2, 0.25) is 0 Å². The molecule has 2 aromatic rings. The van der Waals surface area contributed by atoms with E-state index in [1.807, 2.05) is 64.8 Å². The maximum Gasteiger partial charge on any atom is 0.410 e. The Balaban J connectivity index is 0.000000214. The molecule has 0 radical (unpaired) electrons. The summed E-state index contributed by atoms with van der Waals surface area (Å²) >= 11 is 0. The van der Waals surface area contributed by atoms with Gasteiger partial charge in [0.15, 0.2) is 5.82 Å². The highest BCUT2D eigenvalue weighted by Gasteiger charge is 2.30. The van der Waals surface area contributed by atoms with Crippen molar-refractivity contribution < 1.29 is 14.6 Å². The standard InChI is InChI=1S/C21H39N3O2.C15H19N5O.C2H6/c1-21(2,3)26-20(25)24-15-13-22(14-16-24)17-18-9-11-23(12-10-18)19-7-5-4-6-8-19;1-16-15-13(20-8-6-17-7-9-20)10-12(18-19-15)11-4-2-3-5-14(11)21;1-2/h18-19H,4-17H2,1-3H3;2-5,10,17,21H,6-9H2,1H3,(H,16,19);1-2H3. The normalized spacial score (nSPS) is 20.0. The lowest BCUT2D eigenvalue weighted by Gasteiger charge is -2.41. The van der Waals surface area contributed by atoms with Crippen LogP contribution >= 0.6 is 0 Å². The molecule has 0 unspecified atom stereocenters. The smallest absolute Gasteiger partial charge is 0.410 e. The maximum absolute atomic E-state index is 12.2. The number of carbonyl (C=O) groups excluding carboxylic acids is 1. The van der Waals surface area contributed by atoms with Crippen molar-refractivity contribution in [2.45, 2.75) is 91.2 Å². The van der Waals surface area contributed by atoms with E-state index in [-0.39, 0.29) is 11.8 Å². The van der Waals surface area contributed by atoms with Crippen LogP contribution in [0.25, 0.3) is 11.3 Å². The number of carbonyl (C=O) groups is 1. The van der Waals surface area contributed by atoms with E-state index in [1.165, 1.54) is 64.6 Å². The van der Waals surface area contributed by atoms with Crippen LogP contribution in [-0.4, -0.2) is 127 Å². The van der Waals surface area contributed by atoms with Gasteiger partial charge < -0.3 is 35.2 Å². The van der Waals surface area contributed by atoms with Crippen LogP contribution in [0.1, 0.15) is 79.6 Å². The van der Waals surface area contributed by atoms with Gasteiger partial charge in [0.1, 0.15) is 11.4 Å². The molecule has 11 heteroatoms. The molecule has 3 N–H and O–H groups in total. The zero-order valence-electron chi connectivity index (χ0n) is 31.2. The van der Waals surface area contributed by atoms with E-state index in [9.17, 15) is 9.90 Å². The molecule has 1 saturated carbocycles. The average molecular weight is 681 g/mol. The number of piperazine rings is 2. The molecule has 4 fully saturated rings. The van der Waals surface area contributed by atoms with Crippen molar-refractivity contribution in [2.75, 3.05) is 89.3 Å². The minimum absolute atomic E-state index is 0.155. The van der Waals surface area contributed by atoms with Crippen molar-refractivity contribution >= 4 is 17.6 Å². The number of nitrogens with one attached hydrogen (secondary N) is 2. The second kappa shape index (κ2) is 19.3. The lowest BCUT2D eigenvalue weighted by molar-refractivity contribution is 0.0116.